The summed E-state index contributed by atoms with van der Waals surface area (Å²) in [5.41, 5.74) is 0.136. The zero-order valence-electron chi connectivity index (χ0n) is 8.33. The summed E-state index contributed by atoms with van der Waals surface area (Å²) in [6, 6.07) is 1.97. The molecule has 0 aliphatic rings. The van der Waals surface area contributed by atoms with Gasteiger partial charge >= 0.3 is 5.82 Å². The first-order valence-electron chi connectivity index (χ1n) is 4.40. The van der Waals surface area contributed by atoms with Gasteiger partial charge in [0.2, 0.25) is 0 Å². The van der Waals surface area contributed by atoms with Gasteiger partial charge in [-0.15, -0.1) is 0 Å². The Labute approximate surface area is 74.3 Å². The Balaban J connectivity index is 3.14. The van der Waals surface area contributed by atoms with Crippen molar-refractivity contribution in [1.82, 2.24) is 4.98 Å². The monoisotopic (exact) mass is 165 g/mol. The van der Waals surface area contributed by atoms with Crippen molar-refractivity contribution in [3.05, 3.63) is 24.3 Å². The van der Waals surface area contributed by atoms with Crippen molar-refractivity contribution in [3.63, 3.8) is 0 Å². The fraction of sp³-hybridized carbons (Fsp3) is 0.600. The lowest BCUT2D eigenvalue weighted by molar-refractivity contribution is -0.707. The van der Waals surface area contributed by atoms with E-state index in [1.54, 1.807) is 0 Å². The van der Waals surface area contributed by atoms with Crippen molar-refractivity contribution in [1.29, 1.82) is 0 Å². The van der Waals surface area contributed by atoms with Crippen LogP contribution in [0.2, 0.25) is 0 Å². The van der Waals surface area contributed by atoms with E-state index in [-0.39, 0.29) is 5.41 Å². The molecule has 0 N–H and O–H groups in total. The van der Waals surface area contributed by atoms with E-state index in [0.717, 1.165) is 12.4 Å². The lowest BCUT2D eigenvalue weighted by atomic mass is 9.95. The molecule has 0 atom stereocenters. The Morgan fingerprint density at radius 2 is 2.08 bits per heavy atom. The second-order valence-electron chi connectivity index (χ2n) is 3.98. The van der Waals surface area contributed by atoms with Crippen molar-refractivity contribution >= 4 is 0 Å². The third kappa shape index (κ3) is 1.81. The largest absolute Gasteiger partial charge is 0.303 e. The van der Waals surface area contributed by atoms with Gasteiger partial charge in [-0.1, -0.05) is 4.98 Å². The van der Waals surface area contributed by atoms with Crippen molar-refractivity contribution < 1.29 is 4.57 Å². The van der Waals surface area contributed by atoms with E-state index in [1.807, 2.05) is 12.3 Å². The third-order valence-corrected chi connectivity index (χ3v) is 1.83. The molecule has 0 spiro atoms. The van der Waals surface area contributed by atoms with Gasteiger partial charge in [-0.2, -0.15) is 0 Å². The fourth-order valence-electron chi connectivity index (χ4n) is 1.28. The zero-order chi connectivity index (χ0) is 9.19. The summed E-state index contributed by atoms with van der Waals surface area (Å²) in [5.74, 6) is 1.15. The molecule has 1 heterocycles. The van der Waals surface area contributed by atoms with Crippen LogP contribution >= 0.6 is 0 Å². The molecule has 0 aromatic carbocycles. The molecule has 0 bridgehead atoms. The minimum Gasteiger partial charge on any atom is -0.234 e. The molecule has 1 rings (SSSR count). The molecule has 12 heavy (non-hydrogen) atoms. The number of hydrogen-bond donors (Lipinski definition) is 0. The number of nitrogens with zero attached hydrogens (tertiary/aromatic N) is 2. The SMILES string of the molecule is CC[n+]1cccnc1C(C)(C)C. The van der Waals surface area contributed by atoms with Gasteiger partial charge in [-0.3, -0.25) is 0 Å². The van der Waals surface area contributed by atoms with Crippen LogP contribution in [-0.2, 0) is 12.0 Å². The van der Waals surface area contributed by atoms with E-state index < -0.39 is 0 Å². The van der Waals surface area contributed by atoms with Crippen molar-refractivity contribution in [3.8, 4) is 0 Å². The molecule has 0 fully saturated rings. The van der Waals surface area contributed by atoms with Gasteiger partial charge in [0.15, 0.2) is 0 Å². The maximum absolute atomic E-state index is 4.38. The second-order valence-corrected chi connectivity index (χ2v) is 3.98. The summed E-state index contributed by atoms with van der Waals surface area (Å²) < 4.78 is 2.18. The maximum Gasteiger partial charge on any atom is 0.303 e. The molecule has 1 aromatic heterocycles. The molecule has 0 saturated carbocycles. The van der Waals surface area contributed by atoms with Crippen LogP contribution in [0.5, 0.6) is 0 Å². The van der Waals surface area contributed by atoms with Crippen LogP contribution in [0.25, 0.3) is 0 Å². The summed E-state index contributed by atoms with van der Waals surface area (Å²) in [6.07, 6.45) is 3.93. The van der Waals surface area contributed by atoms with E-state index in [2.05, 4.69) is 43.4 Å². The Hall–Kier alpha value is -0.920. The Morgan fingerprint density at radius 3 is 2.50 bits per heavy atom. The Morgan fingerprint density at radius 1 is 1.42 bits per heavy atom. The number of aryl methyl sites for hydroxylation is 1. The molecule has 0 radical (unpaired) electrons. The first-order chi connectivity index (χ1) is 5.55. The normalized spacial score (nSPS) is 11.7. The van der Waals surface area contributed by atoms with Crippen LogP contribution in [0.1, 0.15) is 33.5 Å². The van der Waals surface area contributed by atoms with Crippen LogP contribution in [0, 0.1) is 0 Å². The molecule has 0 amide bonds. The van der Waals surface area contributed by atoms with Gasteiger partial charge in [-0.05, 0) is 27.7 Å². The van der Waals surface area contributed by atoms with Gasteiger partial charge in [0.05, 0.1) is 18.2 Å². The van der Waals surface area contributed by atoms with Crippen LogP contribution in [0.4, 0.5) is 0 Å². The summed E-state index contributed by atoms with van der Waals surface area (Å²) in [4.78, 5) is 4.38. The standard InChI is InChI=1S/C10H17N2/c1-5-12-8-6-7-11-9(12)10(2,3)4/h6-8H,5H2,1-4H3/q+1. The fourth-order valence-corrected chi connectivity index (χ4v) is 1.28. The van der Waals surface area contributed by atoms with Gasteiger partial charge in [0.1, 0.15) is 6.20 Å². The molecule has 0 aliphatic heterocycles. The number of hydrogen-bond acceptors (Lipinski definition) is 1. The average molecular weight is 165 g/mol. The molecule has 0 saturated heterocycles. The van der Waals surface area contributed by atoms with Crippen LogP contribution < -0.4 is 4.57 Å². The predicted octanol–water partition coefficient (Wildman–Crippen LogP) is 1.69. The van der Waals surface area contributed by atoms with Gasteiger partial charge in [-0.25, -0.2) is 4.57 Å². The molecule has 66 valence electrons. The summed E-state index contributed by atoms with van der Waals surface area (Å²) in [5, 5.41) is 0. The highest BCUT2D eigenvalue weighted by Crippen LogP contribution is 2.15. The molecule has 0 aliphatic carbocycles. The smallest absolute Gasteiger partial charge is 0.234 e. The number of aromatic nitrogens is 2. The quantitative estimate of drug-likeness (QED) is 0.579. The Bertz CT molecular complexity index is 261. The van der Waals surface area contributed by atoms with Gasteiger partial charge in [0.25, 0.3) is 0 Å². The molecular weight excluding hydrogens is 148 g/mol. The van der Waals surface area contributed by atoms with Crippen molar-refractivity contribution in [2.45, 2.75) is 39.7 Å². The average Bonchev–Trinajstić information content (AvgIpc) is 2.03. The Kier molecular flexibility index (Phi) is 2.46. The molecule has 0 unspecified atom stereocenters. The number of rotatable bonds is 1. The maximum atomic E-state index is 4.38. The highest BCUT2D eigenvalue weighted by molar-refractivity contribution is 4.94. The van der Waals surface area contributed by atoms with E-state index >= 15 is 0 Å². The van der Waals surface area contributed by atoms with E-state index in [4.69, 9.17) is 0 Å². The van der Waals surface area contributed by atoms with Crippen molar-refractivity contribution in [2.24, 2.45) is 0 Å². The molecular formula is C10H17N2+. The first kappa shape index (κ1) is 9.17. The van der Waals surface area contributed by atoms with Crippen molar-refractivity contribution in [2.75, 3.05) is 0 Å². The van der Waals surface area contributed by atoms with Crippen LogP contribution in [0.3, 0.4) is 0 Å². The molecule has 1 aromatic rings. The third-order valence-electron chi connectivity index (χ3n) is 1.83. The predicted molar refractivity (Wildman–Crippen MR) is 48.8 cm³/mol. The first-order valence-corrected chi connectivity index (χ1v) is 4.40. The minimum absolute atomic E-state index is 0.136. The highest BCUT2D eigenvalue weighted by Gasteiger charge is 2.26. The van der Waals surface area contributed by atoms with Gasteiger partial charge in [0, 0.05) is 6.07 Å². The minimum atomic E-state index is 0.136. The summed E-state index contributed by atoms with van der Waals surface area (Å²) in [7, 11) is 0. The lowest BCUT2D eigenvalue weighted by Crippen LogP contribution is -2.43. The van der Waals surface area contributed by atoms with Crippen LogP contribution in [0.15, 0.2) is 18.5 Å². The van der Waals surface area contributed by atoms with Crippen LogP contribution in [-0.4, -0.2) is 4.98 Å². The molecule has 2 heteroatoms. The summed E-state index contributed by atoms with van der Waals surface area (Å²) >= 11 is 0. The van der Waals surface area contributed by atoms with E-state index in [1.165, 1.54) is 0 Å². The van der Waals surface area contributed by atoms with Gasteiger partial charge < -0.3 is 0 Å². The lowest BCUT2D eigenvalue weighted by Gasteiger charge is -2.13. The molecule has 2 nitrogen and oxygen atoms in total. The zero-order valence-corrected chi connectivity index (χ0v) is 8.33. The van der Waals surface area contributed by atoms with E-state index in [9.17, 15) is 0 Å². The highest BCUT2D eigenvalue weighted by atomic mass is 15.0. The van der Waals surface area contributed by atoms with E-state index in [0.29, 0.717) is 0 Å². The topological polar surface area (TPSA) is 16.8 Å². The second kappa shape index (κ2) is 3.21. The summed E-state index contributed by atoms with van der Waals surface area (Å²) in [6.45, 7) is 9.67.